The fraction of sp³-hybridized carbons (Fsp3) is 0.222. The smallest absolute Gasteiger partial charge is 0.276 e. The highest BCUT2D eigenvalue weighted by Gasteiger charge is 2.16. The van der Waals surface area contributed by atoms with Crippen molar-refractivity contribution in [2.45, 2.75) is 12.1 Å². The van der Waals surface area contributed by atoms with Gasteiger partial charge in [0.25, 0.3) is 5.22 Å². The first-order valence-electron chi connectivity index (χ1n) is 7.84. The van der Waals surface area contributed by atoms with Gasteiger partial charge in [0, 0.05) is 11.3 Å². The van der Waals surface area contributed by atoms with Crippen molar-refractivity contribution < 1.29 is 18.6 Å². The van der Waals surface area contributed by atoms with Crippen molar-refractivity contribution in [3.63, 3.8) is 0 Å². The zero-order valence-electron chi connectivity index (χ0n) is 13.6. The van der Waals surface area contributed by atoms with E-state index < -0.39 is 0 Å². The fourth-order valence-corrected chi connectivity index (χ4v) is 2.92. The number of benzene rings is 2. The van der Waals surface area contributed by atoms with Crippen LogP contribution in [0.5, 0.6) is 17.2 Å². The van der Waals surface area contributed by atoms with Gasteiger partial charge in [-0.25, -0.2) is 0 Å². The molecule has 0 bridgehead atoms. The molecule has 0 radical (unpaired) electrons. The van der Waals surface area contributed by atoms with Gasteiger partial charge in [-0.1, -0.05) is 29.5 Å². The lowest BCUT2D eigenvalue weighted by Gasteiger charge is -2.04. The summed E-state index contributed by atoms with van der Waals surface area (Å²) in [6.07, 6.45) is 0. The number of aromatic nitrogens is 2. The van der Waals surface area contributed by atoms with E-state index in [9.17, 15) is 0 Å². The summed E-state index contributed by atoms with van der Waals surface area (Å²) in [5.41, 5.74) is 2.02. The second-order valence-corrected chi connectivity index (χ2v) is 6.50. The summed E-state index contributed by atoms with van der Waals surface area (Å²) >= 11 is 1.46. The Kier molecular flexibility index (Phi) is 4.47. The third-order valence-corrected chi connectivity index (χ3v) is 4.41. The van der Waals surface area contributed by atoms with Gasteiger partial charge in [0.1, 0.15) is 5.75 Å². The molecule has 2 heterocycles. The minimum absolute atomic E-state index is 0.241. The van der Waals surface area contributed by atoms with Gasteiger partial charge in [-0.05, 0) is 37.3 Å². The molecular weight excluding hydrogens is 340 g/mol. The molecule has 1 aliphatic rings. The van der Waals surface area contributed by atoms with Gasteiger partial charge in [0.15, 0.2) is 11.5 Å². The molecule has 0 saturated heterocycles. The van der Waals surface area contributed by atoms with Crippen molar-refractivity contribution in [2.24, 2.45) is 0 Å². The number of thioether (sulfide) groups is 1. The molecule has 0 unspecified atom stereocenters. The van der Waals surface area contributed by atoms with E-state index >= 15 is 0 Å². The van der Waals surface area contributed by atoms with E-state index in [0.717, 1.165) is 22.8 Å². The van der Waals surface area contributed by atoms with Gasteiger partial charge >= 0.3 is 0 Å². The average Bonchev–Trinajstić information content (AvgIpc) is 3.29. The van der Waals surface area contributed by atoms with E-state index in [1.807, 2.05) is 49.4 Å². The Balaban J connectivity index is 1.31. The maximum atomic E-state index is 5.69. The van der Waals surface area contributed by atoms with Crippen LogP contribution in [0.4, 0.5) is 0 Å². The monoisotopic (exact) mass is 356 g/mol. The summed E-state index contributed by atoms with van der Waals surface area (Å²) in [7, 11) is 0. The highest BCUT2D eigenvalue weighted by atomic mass is 32.2. The lowest BCUT2D eigenvalue weighted by Crippen LogP contribution is -1.99. The second kappa shape index (κ2) is 7.06. The van der Waals surface area contributed by atoms with E-state index in [1.54, 1.807) is 0 Å². The molecule has 4 rings (SSSR count). The van der Waals surface area contributed by atoms with Crippen LogP contribution >= 0.6 is 11.8 Å². The molecule has 0 saturated carbocycles. The van der Waals surface area contributed by atoms with Gasteiger partial charge in [-0.3, -0.25) is 0 Å². The first kappa shape index (κ1) is 15.8. The molecule has 0 N–H and O–H groups in total. The van der Waals surface area contributed by atoms with Crippen LogP contribution in [-0.2, 0) is 0 Å². The van der Waals surface area contributed by atoms with Crippen LogP contribution in [0.2, 0.25) is 0 Å². The van der Waals surface area contributed by atoms with Crippen LogP contribution in [0.1, 0.15) is 5.56 Å². The van der Waals surface area contributed by atoms with Crippen LogP contribution in [0, 0.1) is 6.92 Å². The third kappa shape index (κ3) is 3.71. The quantitative estimate of drug-likeness (QED) is 0.489. The maximum Gasteiger partial charge on any atom is 0.276 e. The number of aryl methyl sites for hydroxylation is 1. The summed E-state index contributed by atoms with van der Waals surface area (Å²) in [6, 6.07) is 13.5. The fourth-order valence-electron chi connectivity index (χ4n) is 2.34. The highest BCUT2D eigenvalue weighted by Crippen LogP contribution is 2.35. The van der Waals surface area contributed by atoms with Crippen LogP contribution in [-0.4, -0.2) is 29.4 Å². The molecule has 1 aromatic heterocycles. The normalized spacial score (nSPS) is 12.4. The van der Waals surface area contributed by atoms with Gasteiger partial charge in [-0.2, -0.15) is 0 Å². The van der Waals surface area contributed by atoms with E-state index in [-0.39, 0.29) is 6.79 Å². The highest BCUT2D eigenvalue weighted by molar-refractivity contribution is 7.99. The molecular formula is C18H16N2O4S. The lowest BCUT2D eigenvalue weighted by molar-refractivity contribution is 0.174. The molecule has 3 aromatic rings. The van der Waals surface area contributed by atoms with Gasteiger partial charge in [-0.15, -0.1) is 10.2 Å². The van der Waals surface area contributed by atoms with Crippen LogP contribution < -0.4 is 14.2 Å². The molecule has 0 fully saturated rings. The largest absolute Gasteiger partial charge is 0.493 e. The van der Waals surface area contributed by atoms with Crippen molar-refractivity contribution in [2.75, 3.05) is 19.2 Å². The van der Waals surface area contributed by atoms with E-state index in [0.29, 0.717) is 23.5 Å². The number of hydrogen-bond acceptors (Lipinski definition) is 7. The predicted octanol–water partition coefficient (Wildman–Crippen LogP) is 3.94. The SMILES string of the molecule is Cc1ccc(OCCSc2nnc(-c3ccc4c(c3)OCO4)o2)cc1. The Labute approximate surface area is 149 Å². The van der Waals surface area contributed by atoms with Crippen molar-refractivity contribution in [1.29, 1.82) is 0 Å². The third-order valence-electron chi connectivity index (χ3n) is 3.62. The number of nitrogens with zero attached hydrogens (tertiary/aromatic N) is 2. The number of ether oxygens (including phenoxy) is 3. The first-order chi connectivity index (χ1) is 12.3. The Morgan fingerprint density at radius 1 is 1.04 bits per heavy atom. The summed E-state index contributed by atoms with van der Waals surface area (Å²) in [5.74, 6) is 3.46. The zero-order valence-corrected chi connectivity index (χ0v) is 14.4. The zero-order chi connectivity index (χ0) is 17.1. The minimum Gasteiger partial charge on any atom is -0.493 e. The Morgan fingerprint density at radius 2 is 1.88 bits per heavy atom. The Morgan fingerprint density at radius 3 is 2.76 bits per heavy atom. The molecule has 1 aliphatic heterocycles. The number of fused-ring (bicyclic) bond motifs is 1. The second-order valence-electron chi connectivity index (χ2n) is 5.45. The number of hydrogen-bond donors (Lipinski definition) is 0. The molecule has 128 valence electrons. The minimum atomic E-state index is 0.241. The van der Waals surface area contributed by atoms with Crippen molar-refractivity contribution in [3.05, 3.63) is 48.0 Å². The van der Waals surface area contributed by atoms with Crippen molar-refractivity contribution in [3.8, 4) is 28.7 Å². The molecule has 2 aromatic carbocycles. The molecule has 6 nitrogen and oxygen atoms in total. The van der Waals surface area contributed by atoms with Gasteiger partial charge in [0.05, 0.1) is 6.61 Å². The molecule has 25 heavy (non-hydrogen) atoms. The van der Waals surface area contributed by atoms with Crippen molar-refractivity contribution >= 4 is 11.8 Å². The van der Waals surface area contributed by atoms with Gasteiger partial charge < -0.3 is 18.6 Å². The maximum absolute atomic E-state index is 5.69. The standard InChI is InChI=1S/C18H16N2O4S/c1-12-2-5-14(6-3-12)21-8-9-25-18-20-19-17(24-18)13-4-7-15-16(10-13)23-11-22-15/h2-7,10H,8-9,11H2,1H3. The Hall–Kier alpha value is -2.67. The predicted molar refractivity (Wildman–Crippen MR) is 93.3 cm³/mol. The van der Waals surface area contributed by atoms with E-state index in [1.165, 1.54) is 17.3 Å². The van der Waals surface area contributed by atoms with Gasteiger partial charge in [0.2, 0.25) is 12.7 Å². The van der Waals surface area contributed by atoms with Crippen LogP contribution in [0.25, 0.3) is 11.5 Å². The summed E-state index contributed by atoms with van der Waals surface area (Å²) < 4.78 is 22.0. The lowest BCUT2D eigenvalue weighted by atomic mass is 10.2. The first-order valence-corrected chi connectivity index (χ1v) is 8.82. The molecule has 0 aliphatic carbocycles. The molecule has 0 spiro atoms. The Bertz CT molecular complexity index is 864. The number of rotatable bonds is 6. The summed E-state index contributed by atoms with van der Waals surface area (Å²) in [5, 5.41) is 8.66. The van der Waals surface area contributed by atoms with Crippen LogP contribution in [0.15, 0.2) is 52.1 Å². The molecule has 7 heteroatoms. The summed E-state index contributed by atoms with van der Waals surface area (Å²) in [6.45, 7) is 2.85. The molecule has 0 amide bonds. The summed E-state index contributed by atoms with van der Waals surface area (Å²) in [4.78, 5) is 0. The van der Waals surface area contributed by atoms with E-state index in [4.69, 9.17) is 18.6 Å². The molecule has 0 atom stereocenters. The topological polar surface area (TPSA) is 66.6 Å². The average molecular weight is 356 g/mol. The van der Waals surface area contributed by atoms with Crippen molar-refractivity contribution in [1.82, 2.24) is 10.2 Å². The van der Waals surface area contributed by atoms with E-state index in [2.05, 4.69) is 10.2 Å². The van der Waals surface area contributed by atoms with Crippen LogP contribution in [0.3, 0.4) is 0 Å².